The van der Waals surface area contributed by atoms with Crippen LogP contribution >= 0.6 is 0 Å². The van der Waals surface area contributed by atoms with Crippen LogP contribution in [0, 0.1) is 12.7 Å². The zero-order chi connectivity index (χ0) is 13.1. The minimum absolute atomic E-state index is 0.439. The minimum atomic E-state index is -1.07. The molecule has 92 valence electrons. The summed E-state index contributed by atoms with van der Waals surface area (Å²) >= 11 is 0. The third-order valence-corrected chi connectivity index (χ3v) is 2.31. The van der Waals surface area contributed by atoms with E-state index in [1.807, 2.05) is 6.92 Å². The van der Waals surface area contributed by atoms with Crippen LogP contribution in [-0.2, 0) is 4.79 Å². The van der Waals surface area contributed by atoms with E-state index in [0.717, 1.165) is 11.8 Å². The highest BCUT2D eigenvalue weighted by Crippen LogP contribution is 2.14. The molecule has 0 saturated carbocycles. The molecular weight excluding hydrogens is 235 g/mol. The summed E-state index contributed by atoms with van der Waals surface area (Å²) in [4.78, 5) is 10.4. The van der Waals surface area contributed by atoms with Crippen molar-refractivity contribution < 1.29 is 14.3 Å². The number of nitrogens with zero attached hydrogens (tertiary/aromatic N) is 2. The molecule has 18 heavy (non-hydrogen) atoms. The van der Waals surface area contributed by atoms with E-state index in [0.29, 0.717) is 11.3 Å². The van der Waals surface area contributed by atoms with Gasteiger partial charge in [0.05, 0.1) is 11.4 Å². The first-order valence-electron chi connectivity index (χ1n) is 5.29. The van der Waals surface area contributed by atoms with Gasteiger partial charge in [0.15, 0.2) is 0 Å². The van der Waals surface area contributed by atoms with Gasteiger partial charge in [-0.25, -0.2) is 13.9 Å². The van der Waals surface area contributed by atoms with Crippen LogP contribution in [0.25, 0.3) is 11.8 Å². The number of aliphatic carboxylic acids is 1. The van der Waals surface area contributed by atoms with E-state index in [1.165, 1.54) is 22.9 Å². The smallest absolute Gasteiger partial charge is 0.328 e. The lowest BCUT2D eigenvalue weighted by Gasteiger charge is -2.03. The normalized spacial score (nSPS) is 11.0. The first-order valence-corrected chi connectivity index (χ1v) is 5.29. The van der Waals surface area contributed by atoms with Crippen molar-refractivity contribution in [3.63, 3.8) is 0 Å². The fourth-order valence-electron chi connectivity index (χ4n) is 1.55. The topological polar surface area (TPSA) is 55.1 Å². The Kier molecular flexibility index (Phi) is 3.23. The van der Waals surface area contributed by atoms with Crippen molar-refractivity contribution >= 4 is 12.0 Å². The molecule has 0 aliphatic rings. The van der Waals surface area contributed by atoms with Crippen LogP contribution in [0.5, 0.6) is 0 Å². The summed E-state index contributed by atoms with van der Waals surface area (Å²) in [5.41, 5.74) is 1.84. The van der Waals surface area contributed by atoms with Crippen LogP contribution in [0.3, 0.4) is 0 Å². The summed E-state index contributed by atoms with van der Waals surface area (Å²) in [6, 6.07) is 6.07. The molecule has 5 heteroatoms. The number of hydrogen-bond donors (Lipinski definition) is 1. The number of carboxylic acids is 1. The molecule has 1 heterocycles. The maximum atomic E-state index is 13.4. The lowest BCUT2D eigenvalue weighted by atomic mass is 10.2. The molecule has 2 aromatic rings. The Morgan fingerprint density at radius 1 is 1.44 bits per heavy atom. The quantitative estimate of drug-likeness (QED) is 0.846. The van der Waals surface area contributed by atoms with Crippen molar-refractivity contribution in [2.45, 2.75) is 6.92 Å². The number of carbonyl (C=O) groups is 1. The number of aromatic nitrogens is 2. The third kappa shape index (κ3) is 2.82. The van der Waals surface area contributed by atoms with Crippen LogP contribution in [0.1, 0.15) is 11.3 Å². The molecule has 0 radical (unpaired) electrons. The Labute approximate surface area is 103 Å². The van der Waals surface area contributed by atoms with Crippen molar-refractivity contribution in [2.24, 2.45) is 0 Å². The molecule has 1 aromatic carbocycles. The summed E-state index contributed by atoms with van der Waals surface area (Å²) < 4.78 is 15.0. The second kappa shape index (κ2) is 4.83. The number of rotatable bonds is 3. The third-order valence-electron chi connectivity index (χ3n) is 2.31. The van der Waals surface area contributed by atoms with Gasteiger partial charge in [0.2, 0.25) is 0 Å². The van der Waals surface area contributed by atoms with Gasteiger partial charge in [0.25, 0.3) is 0 Å². The molecule has 1 N–H and O–H groups in total. The number of aryl methyl sites for hydroxylation is 1. The average Bonchev–Trinajstić information content (AvgIpc) is 2.72. The molecule has 0 fully saturated rings. The van der Waals surface area contributed by atoms with Gasteiger partial charge in [-0.05, 0) is 42.8 Å². The van der Waals surface area contributed by atoms with Crippen molar-refractivity contribution in [1.82, 2.24) is 9.78 Å². The SMILES string of the molecule is Cc1ccn(-c2cc(F)cc(/C=C/C(=O)O)c2)n1. The molecule has 0 unspecified atom stereocenters. The van der Waals surface area contributed by atoms with E-state index in [4.69, 9.17) is 5.11 Å². The Hall–Kier alpha value is -2.43. The average molecular weight is 246 g/mol. The van der Waals surface area contributed by atoms with E-state index in [-0.39, 0.29) is 0 Å². The summed E-state index contributed by atoms with van der Waals surface area (Å²) in [6.07, 6.45) is 4.02. The highest BCUT2D eigenvalue weighted by Gasteiger charge is 2.03. The summed E-state index contributed by atoms with van der Waals surface area (Å²) in [5, 5.41) is 12.7. The van der Waals surface area contributed by atoms with Gasteiger partial charge in [-0.2, -0.15) is 5.10 Å². The second-order valence-electron chi connectivity index (χ2n) is 3.82. The lowest BCUT2D eigenvalue weighted by molar-refractivity contribution is -0.131. The van der Waals surface area contributed by atoms with Gasteiger partial charge in [0.1, 0.15) is 5.82 Å². The second-order valence-corrected chi connectivity index (χ2v) is 3.82. The number of carboxylic acid groups (broad SMARTS) is 1. The van der Waals surface area contributed by atoms with Gasteiger partial charge in [-0.15, -0.1) is 0 Å². The number of benzene rings is 1. The van der Waals surface area contributed by atoms with E-state index in [2.05, 4.69) is 5.10 Å². The minimum Gasteiger partial charge on any atom is -0.478 e. The van der Waals surface area contributed by atoms with E-state index >= 15 is 0 Å². The molecule has 0 saturated heterocycles. The monoisotopic (exact) mass is 246 g/mol. The zero-order valence-corrected chi connectivity index (χ0v) is 9.67. The standard InChI is InChI=1S/C13H11FN2O2/c1-9-4-5-16(15-9)12-7-10(2-3-13(17)18)6-11(14)8-12/h2-8H,1H3,(H,17,18)/b3-2+. The molecule has 0 aliphatic carbocycles. The van der Waals surface area contributed by atoms with E-state index in [1.54, 1.807) is 18.3 Å². The largest absolute Gasteiger partial charge is 0.478 e. The first-order chi connectivity index (χ1) is 8.54. The Balaban J connectivity index is 2.41. The van der Waals surface area contributed by atoms with E-state index in [9.17, 15) is 9.18 Å². The number of halogens is 1. The molecular formula is C13H11FN2O2. The predicted octanol–water partition coefficient (Wildman–Crippen LogP) is 2.42. The fraction of sp³-hybridized carbons (Fsp3) is 0.0769. The Morgan fingerprint density at radius 3 is 2.83 bits per heavy atom. The molecule has 0 amide bonds. The summed E-state index contributed by atoms with van der Waals surface area (Å²) in [5.74, 6) is -1.51. The van der Waals surface area contributed by atoms with Crippen LogP contribution in [0.15, 0.2) is 36.5 Å². The molecule has 4 nitrogen and oxygen atoms in total. The predicted molar refractivity (Wildman–Crippen MR) is 64.9 cm³/mol. The van der Waals surface area contributed by atoms with Gasteiger partial charge < -0.3 is 5.11 Å². The molecule has 2 rings (SSSR count). The highest BCUT2D eigenvalue weighted by molar-refractivity contribution is 5.85. The van der Waals surface area contributed by atoms with Gasteiger partial charge in [-0.1, -0.05) is 0 Å². The van der Waals surface area contributed by atoms with Crippen molar-refractivity contribution in [3.8, 4) is 5.69 Å². The Morgan fingerprint density at radius 2 is 2.22 bits per heavy atom. The summed E-state index contributed by atoms with van der Waals surface area (Å²) in [7, 11) is 0. The highest BCUT2D eigenvalue weighted by atomic mass is 19.1. The molecule has 0 spiro atoms. The number of hydrogen-bond acceptors (Lipinski definition) is 2. The fourth-order valence-corrected chi connectivity index (χ4v) is 1.55. The first kappa shape index (κ1) is 12.0. The van der Waals surface area contributed by atoms with Crippen LogP contribution in [-0.4, -0.2) is 20.9 Å². The van der Waals surface area contributed by atoms with Crippen LogP contribution < -0.4 is 0 Å². The van der Waals surface area contributed by atoms with Crippen molar-refractivity contribution in [3.05, 3.63) is 53.6 Å². The van der Waals surface area contributed by atoms with Gasteiger partial charge >= 0.3 is 5.97 Å². The Bertz CT molecular complexity index is 617. The van der Waals surface area contributed by atoms with Gasteiger partial charge in [0, 0.05) is 12.3 Å². The molecule has 0 aliphatic heterocycles. The van der Waals surface area contributed by atoms with E-state index < -0.39 is 11.8 Å². The lowest BCUT2D eigenvalue weighted by Crippen LogP contribution is -1.97. The van der Waals surface area contributed by atoms with Crippen molar-refractivity contribution in [2.75, 3.05) is 0 Å². The zero-order valence-electron chi connectivity index (χ0n) is 9.67. The van der Waals surface area contributed by atoms with Gasteiger partial charge in [-0.3, -0.25) is 0 Å². The molecule has 1 aromatic heterocycles. The maximum absolute atomic E-state index is 13.4. The molecule has 0 bridgehead atoms. The molecule has 0 atom stereocenters. The van der Waals surface area contributed by atoms with Crippen LogP contribution in [0.2, 0.25) is 0 Å². The summed E-state index contributed by atoms with van der Waals surface area (Å²) in [6.45, 7) is 1.83. The van der Waals surface area contributed by atoms with Crippen molar-refractivity contribution in [1.29, 1.82) is 0 Å². The van der Waals surface area contributed by atoms with Crippen LogP contribution in [0.4, 0.5) is 4.39 Å². The maximum Gasteiger partial charge on any atom is 0.328 e.